The van der Waals surface area contributed by atoms with Gasteiger partial charge in [0.05, 0.1) is 0 Å². The molecule has 0 aliphatic carbocycles. The van der Waals surface area contributed by atoms with E-state index in [0.717, 1.165) is 0 Å². The first-order valence-electron chi connectivity index (χ1n) is 2.63. The number of hydrogen-bond acceptors (Lipinski definition) is 0. The third kappa shape index (κ3) is 540. The Kier molecular flexibility index (Phi) is 14.5. The molecule has 1 N–H and O–H groups in total. The molecule has 0 aliphatic heterocycles. The largest absolute Gasteiger partial charge is 0.438 e. The molecule has 0 aliphatic rings. The monoisotopic (exact) mass is 119 g/mol. The molecule has 2 heteroatoms. The van der Waals surface area contributed by atoms with Crippen LogP contribution < -0.4 is 0 Å². The van der Waals surface area contributed by atoms with Crippen LogP contribution in [0.4, 0.5) is 0 Å². The molecule has 0 atom stereocenters. The van der Waals surface area contributed by atoms with Crippen molar-refractivity contribution in [3.63, 3.8) is 0 Å². The summed E-state index contributed by atoms with van der Waals surface area (Å²) < 4.78 is 3.50. The van der Waals surface area contributed by atoms with Crippen LogP contribution in [-0.4, -0.2) is 33.1 Å². The van der Waals surface area contributed by atoms with E-state index in [1.807, 2.05) is 0 Å². The minimum Gasteiger partial charge on any atom is -0.438 e. The molecule has 0 aromatic heterocycles. The van der Waals surface area contributed by atoms with Gasteiger partial charge < -0.3 is 4.74 Å². The van der Waals surface area contributed by atoms with Gasteiger partial charge in [0.15, 0.2) is 0 Å². The molecule has 0 radical (unpaired) electrons. The fourth-order valence-electron chi connectivity index (χ4n) is 0. The summed E-state index contributed by atoms with van der Waals surface area (Å²) in [5, 5.41) is 0. The van der Waals surface area contributed by atoms with Crippen LogP contribution in [0.5, 0.6) is 0 Å². The molecule has 7 heavy (non-hydrogen) atoms. The van der Waals surface area contributed by atoms with E-state index in [9.17, 15) is 0 Å². The van der Waals surface area contributed by atoms with Gasteiger partial charge in [0.2, 0.25) is 0 Å². The van der Waals surface area contributed by atoms with Crippen molar-refractivity contribution in [2.75, 3.05) is 14.2 Å². The summed E-state index contributed by atoms with van der Waals surface area (Å²) in [4.78, 5) is 0. The summed E-state index contributed by atoms with van der Waals surface area (Å²) in [5.74, 6) is 6.92. The van der Waals surface area contributed by atoms with E-state index in [-0.39, 0.29) is 14.1 Å². The van der Waals surface area contributed by atoms with Crippen molar-refractivity contribution < 1.29 is 4.74 Å². The van der Waals surface area contributed by atoms with Gasteiger partial charge in [0.1, 0.15) is 14.2 Å². The highest BCUT2D eigenvalue weighted by Crippen LogP contribution is 1.68. The Morgan fingerprint density at radius 1 is 1.00 bits per heavy atom. The van der Waals surface area contributed by atoms with E-state index in [1.165, 1.54) is 0 Å². The normalized spacial score (nSPS) is 6.43. The first kappa shape index (κ1) is 10.5. The minimum atomic E-state index is -0.139. The summed E-state index contributed by atoms with van der Waals surface area (Å²) in [6, 6.07) is 0. The summed E-state index contributed by atoms with van der Waals surface area (Å²) in [5.41, 5.74) is 0. The molecule has 0 aromatic rings. The lowest BCUT2D eigenvalue weighted by atomic mass is 11.6. The van der Waals surface area contributed by atoms with Gasteiger partial charge in [0.25, 0.3) is 14.1 Å². The van der Waals surface area contributed by atoms with Crippen LogP contribution in [0.15, 0.2) is 0 Å². The van der Waals surface area contributed by atoms with Gasteiger partial charge in [-0.1, -0.05) is 0 Å². The highest BCUT2D eigenvalue weighted by Gasteiger charge is 1.81. The zero-order valence-corrected chi connectivity index (χ0v) is 7.18. The van der Waals surface area contributed by atoms with Gasteiger partial charge in [-0.3, -0.25) is 0 Å². The number of hydrogen-bond donors (Lipinski definition) is 0. The molecule has 0 spiro atoms. The van der Waals surface area contributed by atoms with E-state index in [2.05, 4.69) is 22.1 Å². The number of aliphatic hydroxyl groups is 2. The molecule has 0 amide bonds. The Morgan fingerprint density at radius 3 is 1.00 bits per heavy atom. The quantitative estimate of drug-likeness (QED) is 0.335. The first-order chi connectivity index (χ1) is 3.15. The standard InChI is InChI=1S/C2H6O.3CH3.Al/c1-3-2;;;;/h1-2H3;3*1H3;/p+1. The van der Waals surface area contributed by atoms with Gasteiger partial charge in [-0.2, -0.15) is 0 Å². The summed E-state index contributed by atoms with van der Waals surface area (Å²) in [6.07, 6.45) is 0. The van der Waals surface area contributed by atoms with Crippen molar-refractivity contribution in [2.24, 2.45) is 0 Å². The summed E-state index contributed by atoms with van der Waals surface area (Å²) in [7, 11) is 3.50. The number of rotatable bonds is 0. The third-order valence-corrected chi connectivity index (χ3v) is 0. The maximum absolute atomic E-state index is 3.50. The van der Waals surface area contributed by atoms with Gasteiger partial charge in [-0.25, -0.2) is 0 Å². The van der Waals surface area contributed by atoms with Crippen LogP contribution in [0.3, 0.4) is 0 Å². The third-order valence-electron chi connectivity index (χ3n) is 0. The molecule has 44 valence electrons. The van der Waals surface area contributed by atoms with E-state index in [4.69, 9.17) is 0 Å². The Labute approximate surface area is 51.1 Å². The second-order valence-corrected chi connectivity index (χ2v) is 5.64. The van der Waals surface area contributed by atoms with Crippen LogP contribution in [0.1, 0.15) is 0 Å². The van der Waals surface area contributed by atoms with Crippen molar-refractivity contribution in [1.82, 2.24) is 0 Å². The zero-order chi connectivity index (χ0) is 6.28. The topological polar surface area (TPSA) is 12.8 Å². The maximum atomic E-state index is 3.50. The summed E-state index contributed by atoms with van der Waals surface area (Å²) >= 11 is -0.139. The highest BCUT2D eigenvalue weighted by atomic mass is 27.2. The van der Waals surface area contributed by atoms with Gasteiger partial charge in [-0.05, 0) is 0 Å². The molecule has 0 saturated carbocycles. The van der Waals surface area contributed by atoms with Crippen molar-refractivity contribution in [1.29, 1.82) is 0 Å². The van der Waals surface area contributed by atoms with Crippen LogP contribution in [0.25, 0.3) is 0 Å². The first-order valence-corrected chi connectivity index (χ1v) is 6.09. The summed E-state index contributed by atoms with van der Waals surface area (Å²) in [6.45, 7) is 0. The fourth-order valence-corrected chi connectivity index (χ4v) is 0. The van der Waals surface area contributed by atoms with E-state index >= 15 is 0 Å². The Morgan fingerprint density at radius 2 is 1.00 bits per heavy atom. The van der Waals surface area contributed by atoms with E-state index in [0.29, 0.717) is 0 Å². The van der Waals surface area contributed by atoms with Crippen LogP contribution >= 0.6 is 0 Å². The molecular formula is C5H16AlO+. The molecule has 0 bridgehead atoms. The van der Waals surface area contributed by atoms with Crippen molar-refractivity contribution in [3.05, 3.63) is 0 Å². The molecule has 0 fully saturated rings. The number of ether oxygens (including phenoxy) is 1. The predicted molar refractivity (Wildman–Crippen MR) is 37.4 cm³/mol. The lowest BCUT2D eigenvalue weighted by molar-refractivity contribution is 0.0768. The SMILES string of the molecule is C[OH+]C.[CH3][Al]([CH3])[CH3]. The average Bonchev–Trinajstić information content (AvgIpc) is 1.33. The second-order valence-electron chi connectivity index (χ2n) is 2.18. The van der Waals surface area contributed by atoms with Crippen LogP contribution in [0.2, 0.25) is 17.4 Å². The van der Waals surface area contributed by atoms with Gasteiger partial charge in [-0.15, -0.1) is 17.4 Å². The predicted octanol–water partition coefficient (Wildman–Crippen LogP) is 1.14. The van der Waals surface area contributed by atoms with Crippen molar-refractivity contribution in [2.45, 2.75) is 17.4 Å². The smallest absolute Gasteiger partial charge is 0.251 e. The second kappa shape index (κ2) is 9.70. The van der Waals surface area contributed by atoms with Crippen LogP contribution in [0, 0.1) is 0 Å². The molecule has 0 aromatic carbocycles. The van der Waals surface area contributed by atoms with E-state index in [1.54, 1.807) is 14.2 Å². The fraction of sp³-hybridized carbons (Fsp3) is 1.00. The lowest BCUT2D eigenvalue weighted by Crippen LogP contribution is -1.84. The average molecular weight is 119 g/mol. The molecule has 1 nitrogen and oxygen atoms in total. The zero-order valence-electron chi connectivity index (χ0n) is 6.02. The Balaban J connectivity index is 0. The molecule has 0 unspecified atom stereocenters. The molecule has 0 rings (SSSR count). The van der Waals surface area contributed by atoms with Crippen molar-refractivity contribution in [3.8, 4) is 0 Å². The molecular weight excluding hydrogens is 103 g/mol. The van der Waals surface area contributed by atoms with E-state index < -0.39 is 0 Å². The molecule has 0 heterocycles. The van der Waals surface area contributed by atoms with Gasteiger partial charge in [0, 0.05) is 0 Å². The maximum Gasteiger partial charge on any atom is 0.251 e. The Hall–Kier alpha value is 0.492. The lowest BCUT2D eigenvalue weighted by Gasteiger charge is -1.67. The molecule has 0 saturated heterocycles. The van der Waals surface area contributed by atoms with Gasteiger partial charge >= 0.3 is 0 Å². The van der Waals surface area contributed by atoms with Crippen LogP contribution in [-0.2, 0) is 0 Å². The van der Waals surface area contributed by atoms with Crippen molar-refractivity contribution >= 4 is 14.1 Å². The Bertz CT molecular complexity index is 19.3. The minimum absolute atomic E-state index is 0.139. The highest BCUT2D eigenvalue weighted by molar-refractivity contribution is 6.54.